The van der Waals surface area contributed by atoms with Gasteiger partial charge in [-0.25, -0.2) is 0 Å². The molecular formula is C8H12N2O. The molecule has 1 aromatic heterocycles. The van der Waals surface area contributed by atoms with E-state index in [4.69, 9.17) is 5.21 Å². The molecule has 0 saturated carbocycles. The van der Waals surface area contributed by atoms with Gasteiger partial charge in [0.05, 0.1) is 5.69 Å². The van der Waals surface area contributed by atoms with Crippen LogP contribution < -0.4 is 0 Å². The SMILES string of the molecule is CC(=NO)c1[nH]cc(C)c1C. The van der Waals surface area contributed by atoms with E-state index in [1.165, 1.54) is 5.56 Å². The van der Waals surface area contributed by atoms with E-state index < -0.39 is 0 Å². The summed E-state index contributed by atoms with van der Waals surface area (Å²) >= 11 is 0. The van der Waals surface area contributed by atoms with Gasteiger partial charge in [-0.1, -0.05) is 5.16 Å². The summed E-state index contributed by atoms with van der Waals surface area (Å²) in [6.07, 6.45) is 1.90. The topological polar surface area (TPSA) is 48.4 Å². The van der Waals surface area contributed by atoms with E-state index in [9.17, 15) is 0 Å². The van der Waals surface area contributed by atoms with Gasteiger partial charge in [0.2, 0.25) is 0 Å². The highest BCUT2D eigenvalue weighted by Crippen LogP contribution is 2.11. The smallest absolute Gasteiger partial charge is 0.100 e. The van der Waals surface area contributed by atoms with Crippen molar-refractivity contribution in [3.05, 3.63) is 23.0 Å². The zero-order valence-electron chi connectivity index (χ0n) is 6.97. The predicted molar refractivity (Wildman–Crippen MR) is 44.3 cm³/mol. The molecule has 0 aromatic carbocycles. The van der Waals surface area contributed by atoms with Crippen molar-refractivity contribution < 1.29 is 5.21 Å². The van der Waals surface area contributed by atoms with Crippen LogP contribution in [0.1, 0.15) is 23.7 Å². The van der Waals surface area contributed by atoms with Crippen LogP contribution in [0.2, 0.25) is 0 Å². The summed E-state index contributed by atoms with van der Waals surface area (Å²) < 4.78 is 0. The average Bonchev–Trinajstić information content (AvgIpc) is 2.32. The van der Waals surface area contributed by atoms with Gasteiger partial charge in [0.15, 0.2) is 0 Å². The first-order valence-electron chi connectivity index (χ1n) is 3.50. The van der Waals surface area contributed by atoms with E-state index >= 15 is 0 Å². The molecule has 0 aliphatic carbocycles. The van der Waals surface area contributed by atoms with E-state index in [0.717, 1.165) is 11.3 Å². The molecule has 60 valence electrons. The summed E-state index contributed by atoms with van der Waals surface area (Å²) in [6.45, 7) is 5.77. The molecule has 2 N–H and O–H groups in total. The third-order valence-electron chi connectivity index (χ3n) is 1.91. The van der Waals surface area contributed by atoms with Gasteiger partial charge >= 0.3 is 0 Å². The van der Waals surface area contributed by atoms with Crippen LogP contribution >= 0.6 is 0 Å². The Kier molecular flexibility index (Phi) is 1.98. The number of oxime groups is 1. The van der Waals surface area contributed by atoms with Gasteiger partial charge in [-0.3, -0.25) is 0 Å². The van der Waals surface area contributed by atoms with Crippen LogP contribution in [0.4, 0.5) is 0 Å². The van der Waals surface area contributed by atoms with Crippen LogP contribution in [0.25, 0.3) is 0 Å². The number of rotatable bonds is 1. The Morgan fingerprint density at radius 3 is 2.55 bits per heavy atom. The van der Waals surface area contributed by atoms with Crippen LogP contribution in [-0.2, 0) is 0 Å². The van der Waals surface area contributed by atoms with Gasteiger partial charge in [-0.05, 0) is 31.9 Å². The fraction of sp³-hybridized carbons (Fsp3) is 0.375. The highest BCUT2D eigenvalue weighted by atomic mass is 16.4. The monoisotopic (exact) mass is 152 g/mol. The lowest BCUT2D eigenvalue weighted by Crippen LogP contribution is -1.96. The van der Waals surface area contributed by atoms with Crippen molar-refractivity contribution in [1.82, 2.24) is 4.98 Å². The Morgan fingerprint density at radius 2 is 2.18 bits per heavy atom. The first kappa shape index (κ1) is 7.85. The van der Waals surface area contributed by atoms with E-state index in [1.807, 2.05) is 20.0 Å². The number of nitrogens with zero attached hydrogens (tertiary/aromatic N) is 1. The molecule has 0 spiro atoms. The summed E-state index contributed by atoms with van der Waals surface area (Å²) in [5.74, 6) is 0. The first-order chi connectivity index (χ1) is 5.16. The molecule has 0 saturated heterocycles. The molecule has 0 radical (unpaired) electrons. The maximum Gasteiger partial charge on any atom is 0.100 e. The van der Waals surface area contributed by atoms with E-state index in [2.05, 4.69) is 10.1 Å². The predicted octanol–water partition coefficient (Wildman–Crippen LogP) is 1.83. The zero-order chi connectivity index (χ0) is 8.43. The minimum Gasteiger partial charge on any atom is -0.411 e. The molecule has 3 nitrogen and oxygen atoms in total. The van der Waals surface area contributed by atoms with Crippen molar-refractivity contribution >= 4 is 5.71 Å². The van der Waals surface area contributed by atoms with Gasteiger partial charge in [0.25, 0.3) is 0 Å². The molecule has 0 fully saturated rings. The summed E-state index contributed by atoms with van der Waals surface area (Å²) in [5, 5.41) is 11.6. The highest BCUT2D eigenvalue weighted by molar-refractivity contribution is 5.98. The molecule has 1 heterocycles. The van der Waals surface area contributed by atoms with Gasteiger partial charge in [0, 0.05) is 6.20 Å². The summed E-state index contributed by atoms with van der Waals surface area (Å²) in [6, 6.07) is 0. The molecule has 0 aliphatic rings. The lowest BCUT2D eigenvalue weighted by Gasteiger charge is -1.95. The van der Waals surface area contributed by atoms with Gasteiger partial charge < -0.3 is 10.2 Å². The largest absolute Gasteiger partial charge is 0.411 e. The van der Waals surface area contributed by atoms with Gasteiger partial charge in [-0.15, -0.1) is 0 Å². The van der Waals surface area contributed by atoms with Crippen molar-refractivity contribution in [3.8, 4) is 0 Å². The number of aryl methyl sites for hydroxylation is 1. The van der Waals surface area contributed by atoms with Crippen LogP contribution in [0.15, 0.2) is 11.4 Å². The van der Waals surface area contributed by atoms with Crippen molar-refractivity contribution in [2.24, 2.45) is 5.16 Å². The zero-order valence-corrected chi connectivity index (χ0v) is 6.97. The fourth-order valence-electron chi connectivity index (χ4n) is 1.02. The minimum atomic E-state index is 0.621. The number of aromatic nitrogens is 1. The molecule has 1 aromatic rings. The Balaban J connectivity index is 3.15. The van der Waals surface area contributed by atoms with Gasteiger partial charge in [-0.2, -0.15) is 0 Å². The van der Waals surface area contributed by atoms with Crippen molar-refractivity contribution in [2.75, 3.05) is 0 Å². The molecular weight excluding hydrogens is 140 g/mol. The van der Waals surface area contributed by atoms with E-state index in [1.54, 1.807) is 6.92 Å². The highest BCUT2D eigenvalue weighted by Gasteiger charge is 2.05. The standard InChI is InChI=1S/C8H12N2O/c1-5-4-9-8(6(5)2)7(3)10-11/h4,9,11H,1-3H3. The maximum atomic E-state index is 8.49. The normalized spacial score (nSPS) is 12.1. The molecule has 0 aliphatic heterocycles. The van der Waals surface area contributed by atoms with E-state index in [-0.39, 0.29) is 0 Å². The van der Waals surface area contributed by atoms with Gasteiger partial charge in [0.1, 0.15) is 5.71 Å². The summed E-state index contributed by atoms with van der Waals surface area (Å²) in [5.41, 5.74) is 3.85. The molecule has 11 heavy (non-hydrogen) atoms. The van der Waals surface area contributed by atoms with Crippen LogP contribution in [-0.4, -0.2) is 15.9 Å². The second-order valence-electron chi connectivity index (χ2n) is 2.66. The minimum absolute atomic E-state index is 0.621. The summed E-state index contributed by atoms with van der Waals surface area (Å²) in [7, 11) is 0. The molecule has 0 unspecified atom stereocenters. The quantitative estimate of drug-likeness (QED) is 0.360. The molecule has 3 heteroatoms. The molecule has 0 bridgehead atoms. The maximum absolute atomic E-state index is 8.49. The average molecular weight is 152 g/mol. The van der Waals surface area contributed by atoms with Crippen LogP contribution in [0.3, 0.4) is 0 Å². The number of hydrogen-bond donors (Lipinski definition) is 2. The number of aromatic amines is 1. The van der Waals surface area contributed by atoms with Crippen LogP contribution in [0.5, 0.6) is 0 Å². The van der Waals surface area contributed by atoms with Crippen molar-refractivity contribution in [3.63, 3.8) is 0 Å². The lowest BCUT2D eigenvalue weighted by atomic mass is 10.1. The first-order valence-corrected chi connectivity index (χ1v) is 3.50. The van der Waals surface area contributed by atoms with Crippen LogP contribution in [0, 0.1) is 13.8 Å². The number of nitrogens with one attached hydrogen (secondary N) is 1. The Labute approximate surface area is 65.7 Å². The molecule has 0 atom stereocenters. The third kappa shape index (κ3) is 1.27. The molecule has 1 rings (SSSR count). The number of hydrogen-bond acceptors (Lipinski definition) is 2. The van der Waals surface area contributed by atoms with E-state index in [0.29, 0.717) is 5.71 Å². The Morgan fingerprint density at radius 1 is 1.55 bits per heavy atom. The second kappa shape index (κ2) is 2.78. The second-order valence-corrected chi connectivity index (χ2v) is 2.66. The Hall–Kier alpha value is -1.25. The Bertz CT molecular complexity index is 286. The van der Waals surface area contributed by atoms with Crippen molar-refractivity contribution in [2.45, 2.75) is 20.8 Å². The van der Waals surface area contributed by atoms with Crippen molar-refractivity contribution in [1.29, 1.82) is 0 Å². The summed E-state index contributed by atoms with van der Waals surface area (Å²) in [4.78, 5) is 3.03. The molecule has 0 amide bonds. The third-order valence-corrected chi connectivity index (χ3v) is 1.91. The lowest BCUT2D eigenvalue weighted by molar-refractivity contribution is 0.319. The number of H-pyrrole nitrogens is 1. The fourth-order valence-corrected chi connectivity index (χ4v) is 1.02.